The maximum absolute atomic E-state index is 12.5. The largest absolute Gasteiger partial charge is 0.532 e. The van der Waals surface area contributed by atoms with Crippen molar-refractivity contribution in [3.63, 3.8) is 0 Å². The number of halogens is 1. The predicted octanol–water partition coefficient (Wildman–Crippen LogP) is 5.22. The zero-order valence-corrected chi connectivity index (χ0v) is 16.7. The summed E-state index contributed by atoms with van der Waals surface area (Å²) in [7, 11) is 0. The van der Waals surface area contributed by atoms with Crippen molar-refractivity contribution in [3.8, 4) is 5.75 Å². The topological polar surface area (TPSA) is 73.9 Å². The molecule has 0 aliphatic carbocycles. The molecule has 0 fully saturated rings. The van der Waals surface area contributed by atoms with Gasteiger partial charge in [0.05, 0.1) is 6.61 Å². The van der Waals surface area contributed by atoms with Gasteiger partial charge in [-0.2, -0.15) is 5.48 Å². The van der Waals surface area contributed by atoms with E-state index in [9.17, 15) is 9.36 Å². The van der Waals surface area contributed by atoms with E-state index in [0.717, 1.165) is 10.9 Å². The maximum atomic E-state index is 12.5. The molecule has 0 saturated carbocycles. The first kappa shape index (κ1) is 20.4. The van der Waals surface area contributed by atoms with Gasteiger partial charge >= 0.3 is 12.9 Å². The lowest BCUT2D eigenvalue weighted by atomic mass is 10.1. The number of hydrogen-bond donors (Lipinski definition) is 1. The van der Waals surface area contributed by atoms with E-state index >= 15 is 0 Å². The highest BCUT2D eigenvalue weighted by Gasteiger charge is 2.31. The minimum atomic E-state index is -4.19. The van der Waals surface area contributed by atoms with Crippen LogP contribution in [0.15, 0.2) is 72.8 Å². The molecule has 1 N–H and O–H groups in total. The van der Waals surface area contributed by atoms with Gasteiger partial charge in [0.1, 0.15) is 11.8 Å². The van der Waals surface area contributed by atoms with Crippen LogP contribution in [0.4, 0.5) is 0 Å². The van der Waals surface area contributed by atoms with Crippen LogP contribution in [0.1, 0.15) is 12.5 Å². The fraction of sp³-hybridized carbons (Fsp3) is 0.150. The van der Waals surface area contributed by atoms with Crippen molar-refractivity contribution >= 4 is 34.9 Å². The fourth-order valence-corrected chi connectivity index (χ4v) is 3.70. The van der Waals surface area contributed by atoms with E-state index in [1.807, 2.05) is 54.6 Å². The molecule has 0 bridgehead atoms. The number of hydroxylamine groups is 1. The number of carbonyl (C=O) groups is 1. The van der Waals surface area contributed by atoms with Crippen LogP contribution < -0.4 is 10.0 Å². The van der Waals surface area contributed by atoms with Gasteiger partial charge in [0, 0.05) is 16.6 Å². The summed E-state index contributed by atoms with van der Waals surface area (Å²) in [5, 5.41) is 1.59. The van der Waals surface area contributed by atoms with E-state index in [4.69, 9.17) is 25.1 Å². The fourth-order valence-electron chi connectivity index (χ4n) is 2.47. The molecule has 8 heteroatoms. The maximum Gasteiger partial charge on any atom is 0.532 e. The molecule has 0 saturated heterocycles. The van der Waals surface area contributed by atoms with Crippen LogP contribution in [-0.2, 0) is 25.3 Å². The predicted molar refractivity (Wildman–Crippen MR) is 108 cm³/mol. The third-order valence-corrected chi connectivity index (χ3v) is 5.08. The molecule has 6 nitrogen and oxygen atoms in total. The third kappa shape index (κ3) is 5.57. The number of hydrogen-bond acceptors (Lipinski definition) is 6. The van der Waals surface area contributed by atoms with Gasteiger partial charge in [0.2, 0.25) is 0 Å². The normalized spacial score (nSPS) is 14.2. The number of carbonyl (C=O) groups excluding carboxylic acids is 1. The minimum Gasteiger partial charge on any atom is -0.404 e. The van der Waals surface area contributed by atoms with E-state index in [1.54, 1.807) is 18.2 Å². The van der Waals surface area contributed by atoms with E-state index in [0.29, 0.717) is 5.39 Å². The summed E-state index contributed by atoms with van der Waals surface area (Å²) in [6.45, 7) is -2.44. The van der Waals surface area contributed by atoms with Crippen LogP contribution in [0.2, 0.25) is 0 Å². The Hall–Kier alpha value is -2.37. The van der Waals surface area contributed by atoms with Crippen molar-refractivity contribution in [2.45, 2.75) is 19.6 Å². The zero-order chi connectivity index (χ0) is 20.0. The molecule has 3 aromatic carbocycles. The molecule has 3 aromatic rings. The summed E-state index contributed by atoms with van der Waals surface area (Å²) in [6.07, 6.45) is 0. The number of fused-ring (bicyclic) bond motifs is 1. The number of nitrogens with one attached hydrogen (secondary N) is 1. The Morgan fingerprint density at radius 1 is 1.04 bits per heavy atom. The Labute approximate surface area is 167 Å². The Morgan fingerprint density at radius 2 is 1.71 bits per heavy atom. The summed E-state index contributed by atoms with van der Waals surface area (Å²) in [6, 6.07) is 21.1. The first-order chi connectivity index (χ1) is 13.4. The highest BCUT2D eigenvalue weighted by molar-refractivity contribution is 7.82. The molecule has 0 aliphatic rings. The molecule has 0 aromatic heterocycles. The van der Waals surface area contributed by atoms with Crippen LogP contribution in [0, 0.1) is 0 Å². The Morgan fingerprint density at radius 3 is 2.50 bits per heavy atom. The lowest BCUT2D eigenvalue weighted by molar-refractivity contribution is -0.141. The van der Waals surface area contributed by atoms with E-state index in [1.165, 1.54) is 6.92 Å². The summed E-state index contributed by atoms with van der Waals surface area (Å²) in [4.78, 5) is 17.4. The van der Waals surface area contributed by atoms with Crippen LogP contribution in [0.25, 0.3) is 10.8 Å². The highest BCUT2D eigenvalue weighted by Crippen LogP contribution is 2.54. The lowest BCUT2D eigenvalue weighted by Crippen LogP contribution is -2.34. The van der Waals surface area contributed by atoms with Crippen molar-refractivity contribution in [2.24, 2.45) is 0 Å². The molecule has 0 spiro atoms. The monoisotopic (exact) mass is 419 g/mol. The molecule has 0 radical (unpaired) electrons. The second kappa shape index (κ2) is 9.22. The molecule has 0 heterocycles. The summed E-state index contributed by atoms with van der Waals surface area (Å²) in [5.41, 5.74) is 3.47. The third-order valence-electron chi connectivity index (χ3n) is 3.85. The van der Waals surface area contributed by atoms with Crippen molar-refractivity contribution < 1.29 is 23.2 Å². The van der Waals surface area contributed by atoms with Gasteiger partial charge in [-0.25, -0.2) is 9.36 Å². The van der Waals surface area contributed by atoms with Gasteiger partial charge in [-0.3, -0.25) is 4.84 Å². The van der Waals surface area contributed by atoms with Crippen molar-refractivity contribution in [1.82, 2.24) is 5.48 Å². The highest BCUT2D eigenvalue weighted by atomic mass is 35.7. The summed E-state index contributed by atoms with van der Waals surface area (Å²) < 4.78 is 22.7. The molecule has 146 valence electrons. The standard InChI is InChI=1S/C20H19ClNO5P/c1-15(22-25-14-16-8-3-2-4-9-16)20(23)27-28(21,24)26-19-13-7-11-17-10-5-6-12-18(17)19/h2-13,15,22H,14H2,1H3/t15-,28?/m0/s1. The average molecular weight is 420 g/mol. The van der Waals surface area contributed by atoms with Gasteiger partial charge in [0.15, 0.2) is 0 Å². The van der Waals surface area contributed by atoms with E-state index in [-0.39, 0.29) is 12.4 Å². The molecule has 28 heavy (non-hydrogen) atoms. The Kier molecular flexibility index (Phi) is 6.70. The quantitative estimate of drug-likeness (QED) is 0.398. The Bertz CT molecular complexity index is 993. The second-order valence-corrected chi connectivity index (χ2v) is 8.49. The lowest BCUT2D eigenvalue weighted by Gasteiger charge is -2.17. The van der Waals surface area contributed by atoms with Crippen LogP contribution in [-0.4, -0.2) is 12.0 Å². The van der Waals surface area contributed by atoms with Gasteiger partial charge in [-0.15, -0.1) is 0 Å². The second-order valence-electron chi connectivity index (χ2n) is 6.02. The summed E-state index contributed by atoms with van der Waals surface area (Å²) in [5.74, 6) is -0.586. The molecule has 2 atom stereocenters. The van der Waals surface area contributed by atoms with E-state index < -0.39 is 19.0 Å². The van der Waals surface area contributed by atoms with Crippen molar-refractivity contribution in [1.29, 1.82) is 0 Å². The van der Waals surface area contributed by atoms with Gasteiger partial charge in [-0.1, -0.05) is 66.7 Å². The van der Waals surface area contributed by atoms with Gasteiger partial charge in [-0.05, 0) is 23.9 Å². The van der Waals surface area contributed by atoms with Gasteiger partial charge < -0.3 is 9.05 Å². The minimum absolute atomic E-state index is 0.253. The average Bonchev–Trinajstić information content (AvgIpc) is 2.68. The first-order valence-electron chi connectivity index (χ1n) is 8.56. The molecule has 0 amide bonds. The Balaban J connectivity index is 1.56. The smallest absolute Gasteiger partial charge is 0.404 e. The molecular weight excluding hydrogens is 401 g/mol. The number of benzene rings is 3. The van der Waals surface area contributed by atoms with E-state index in [2.05, 4.69) is 5.48 Å². The molecule has 0 aliphatic heterocycles. The van der Waals surface area contributed by atoms with Crippen LogP contribution >= 0.6 is 18.2 Å². The first-order valence-corrected chi connectivity index (χ1v) is 11.0. The SMILES string of the molecule is C[C@H](NOCc1ccccc1)C(=O)OP(=O)(Cl)Oc1cccc2ccccc12. The van der Waals surface area contributed by atoms with Crippen molar-refractivity contribution in [3.05, 3.63) is 78.4 Å². The van der Waals surface area contributed by atoms with Crippen LogP contribution in [0.5, 0.6) is 5.75 Å². The molecule has 1 unspecified atom stereocenters. The zero-order valence-electron chi connectivity index (χ0n) is 15.1. The van der Waals surface area contributed by atoms with Crippen LogP contribution in [0.3, 0.4) is 0 Å². The van der Waals surface area contributed by atoms with Crippen molar-refractivity contribution in [2.75, 3.05) is 0 Å². The number of rotatable bonds is 8. The molecular formula is C20H19ClNO5P. The molecule has 3 rings (SSSR count). The van der Waals surface area contributed by atoms with Gasteiger partial charge in [0.25, 0.3) is 0 Å². The summed E-state index contributed by atoms with van der Waals surface area (Å²) >= 11 is 5.86.